The molecule has 0 aromatic heterocycles. The summed E-state index contributed by atoms with van der Waals surface area (Å²) in [7, 11) is 1.71. The number of hydrogen-bond donors (Lipinski definition) is 2. The maximum atomic E-state index is 10.9. The van der Waals surface area contributed by atoms with E-state index in [4.69, 9.17) is 5.11 Å². The van der Waals surface area contributed by atoms with Crippen molar-refractivity contribution < 1.29 is 9.90 Å². The van der Waals surface area contributed by atoms with Crippen LogP contribution in [0.15, 0.2) is 0 Å². The van der Waals surface area contributed by atoms with E-state index >= 15 is 0 Å². The molecule has 0 aliphatic carbocycles. The molecular formula is C7H15NO2. The zero-order valence-corrected chi connectivity index (χ0v) is 6.72. The third-order valence-corrected chi connectivity index (χ3v) is 1.29. The van der Waals surface area contributed by atoms with Crippen molar-refractivity contribution in [2.45, 2.75) is 20.0 Å². The first-order chi connectivity index (χ1) is 4.59. The van der Waals surface area contributed by atoms with Crippen LogP contribution >= 0.6 is 0 Å². The molecule has 0 amide bonds. The third-order valence-electron chi connectivity index (χ3n) is 1.29. The summed E-state index contributed by atoms with van der Waals surface area (Å²) in [6, 6.07) is 0. The lowest BCUT2D eigenvalue weighted by Crippen LogP contribution is -2.33. The van der Waals surface area contributed by atoms with E-state index in [2.05, 4.69) is 5.32 Å². The average Bonchev–Trinajstić information content (AvgIpc) is 1.87. The molecule has 2 N–H and O–H groups in total. The summed E-state index contributed by atoms with van der Waals surface area (Å²) in [5, 5.41) is 11.8. The van der Waals surface area contributed by atoms with E-state index in [9.17, 15) is 4.79 Å². The Balaban J connectivity index is 3.71. The second-order valence-corrected chi connectivity index (χ2v) is 2.63. The van der Waals surface area contributed by atoms with Crippen LogP contribution in [0.5, 0.6) is 0 Å². The lowest BCUT2D eigenvalue weighted by molar-refractivity contribution is -0.129. The summed E-state index contributed by atoms with van der Waals surface area (Å²) in [6.45, 7) is 3.90. The molecule has 0 aromatic rings. The number of carbonyl (C=O) groups excluding carboxylic acids is 1. The number of likely N-dealkylation sites (N-methyl/N-ethyl adjacent to an activating group) is 1. The highest BCUT2D eigenvalue weighted by Gasteiger charge is 2.16. The number of carbonyl (C=O) groups is 1. The molecule has 0 saturated carbocycles. The van der Waals surface area contributed by atoms with Crippen LogP contribution < -0.4 is 5.32 Å². The van der Waals surface area contributed by atoms with E-state index in [0.29, 0.717) is 6.54 Å². The Hall–Kier alpha value is -0.410. The van der Waals surface area contributed by atoms with Gasteiger partial charge in [0.15, 0.2) is 5.78 Å². The second kappa shape index (κ2) is 4.41. The van der Waals surface area contributed by atoms with Gasteiger partial charge in [0.2, 0.25) is 0 Å². The second-order valence-electron chi connectivity index (χ2n) is 2.63. The first kappa shape index (κ1) is 9.59. The van der Waals surface area contributed by atoms with Crippen LogP contribution in [0.3, 0.4) is 0 Å². The number of rotatable bonds is 4. The van der Waals surface area contributed by atoms with Gasteiger partial charge in [0.05, 0.1) is 0 Å². The van der Waals surface area contributed by atoms with Gasteiger partial charge in [-0.2, -0.15) is 0 Å². The molecule has 0 aliphatic heterocycles. The molecule has 1 atom stereocenters. The molecule has 60 valence electrons. The first-order valence-corrected chi connectivity index (χ1v) is 3.46. The van der Waals surface area contributed by atoms with E-state index in [1.807, 2.05) is 0 Å². The van der Waals surface area contributed by atoms with E-state index in [-0.39, 0.29) is 11.7 Å². The molecule has 0 aromatic carbocycles. The number of aliphatic hydroxyl groups is 1. The Bertz CT molecular complexity index is 112. The third kappa shape index (κ3) is 2.94. The molecule has 0 saturated heterocycles. The fraction of sp³-hybridized carbons (Fsp3) is 0.857. The Morgan fingerprint density at radius 1 is 1.60 bits per heavy atom. The summed E-state index contributed by atoms with van der Waals surface area (Å²) >= 11 is 0. The molecule has 3 nitrogen and oxygen atoms in total. The van der Waals surface area contributed by atoms with Gasteiger partial charge in [-0.15, -0.1) is 0 Å². The summed E-state index contributed by atoms with van der Waals surface area (Å²) in [5.41, 5.74) is 0. The largest absolute Gasteiger partial charge is 0.384 e. The quantitative estimate of drug-likeness (QED) is 0.575. The van der Waals surface area contributed by atoms with Crippen molar-refractivity contribution >= 4 is 5.78 Å². The lowest BCUT2D eigenvalue weighted by Gasteiger charge is -2.10. The summed E-state index contributed by atoms with van der Waals surface area (Å²) in [6.07, 6.45) is -0.843. The van der Waals surface area contributed by atoms with Crippen LogP contribution in [-0.2, 0) is 4.79 Å². The van der Waals surface area contributed by atoms with Crippen LogP contribution in [0.1, 0.15) is 13.8 Å². The van der Waals surface area contributed by atoms with Gasteiger partial charge in [0.25, 0.3) is 0 Å². The highest BCUT2D eigenvalue weighted by molar-refractivity contribution is 5.84. The molecule has 0 rings (SSSR count). The Kier molecular flexibility index (Phi) is 4.23. The molecule has 10 heavy (non-hydrogen) atoms. The number of hydrogen-bond acceptors (Lipinski definition) is 3. The normalized spacial score (nSPS) is 13.7. The number of nitrogens with one attached hydrogen (secondary N) is 1. The maximum absolute atomic E-state index is 10.9. The smallest absolute Gasteiger partial charge is 0.165 e. The van der Waals surface area contributed by atoms with Gasteiger partial charge in [-0.1, -0.05) is 13.8 Å². The van der Waals surface area contributed by atoms with Gasteiger partial charge in [0.1, 0.15) is 6.10 Å². The van der Waals surface area contributed by atoms with Crippen molar-refractivity contribution in [3.05, 3.63) is 0 Å². The Labute approximate surface area is 61.4 Å². The minimum absolute atomic E-state index is 0.0802. The van der Waals surface area contributed by atoms with Crippen molar-refractivity contribution in [2.24, 2.45) is 5.92 Å². The van der Waals surface area contributed by atoms with Crippen molar-refractivity contribution in [3.63, 3.8) is 0 Å². The number of Topliss-reactive ketones (excluding diaryl/α,β-unsaturated/α-hetero) is 1. The van der Waals surface area contributed by atoms with Gasteiger partial charge in [-0.25, -0.2) is 0 Å². The van der Waals surface area contributed by atoms with Crippen molar-refractivity contribution in [2.75, 3.05) is 13.6 Å². The minimum atomic E-state index is -0.843. The van der Waals surface area contributed by atoms with Gasteiger partial charge in [-0.05, 0) is 7.05 Å². The van der Waals surface area contributed by atoms with Gasteiger partial charge >= 0.3 is 0 Å². The molecule has 0 aliphatic rings. The van der Waals surface area contributed by atoms with Gasteiger partial charge in [-0.3, -0.25) is 4.79 Å². The highest BCUT2D eigenvalue weighted by atomic mass is 16.3. The van der Waals surface area contributed by atoms with Crippen LogP contribution in [0.2, 0.25) is 0 Å². The molecule has 0 spiro atoms. The zero-order chi connectivity index (χ0) is 8.15. The minimum Gasteiger partial charge on any atom is -0.384 e. The van der Waals surface area contributed by atoms with Crippen LogP contribution in [0.4, 0.5) is 0 Å². The first-order valence-electron chi connectivity index (χ1n) is 3.46. The molecular weight excluding hydrogens is 130 g/mol. The number of ketones is 1. The van der Waals surface area contributed by atoms with E-state index in [1.54, 1.807) is 20.9 Å². The average molecular weight is 145 g/mol. The molecule has 0 radical (unpaired) electrons. The lowest BCUT2D eigenvalue weighted by atomic mass is 10.0. The Morgan fingerprint density at radius 2 is 2.10 bits per heavy atom. The summed E-state index contributed by atoms with van der Waals surface area (Å²) in [4.78, 5) is 10.9. The SMILES string of the molecule is CNCC(O)C(=O)C(C)C. The van der Waals surface area contributed by atoms with Crippen LogP contribution in [-0.4, -0.2) is 30.6 Å². The van der Waals surface area contributed by atoms with Crippen LogP contribution in [0, 0.1) is 5.92 Å². The molecule has 1 unspecified atom stereocenters. The fourth-order valence-corrected chi connectivity index (χ4v) is 0.679. The van der Waals surface area contributed by atoms with E-state index in [0.717, 1.165) is 0 Å². The van der Waals surface area contributed by atoms with Crippen LogP contribution in [0.25, 0.3) is 0 Å². The monoisotopic (exact) mass is 145 g/mol. The molecule has 0 fully saturated rings. The molecule has 0 heterocycles. The standard InChI is InChI=1S/C7H15NO2/c1-5(2)7(10)6(9)4-8-3/h5-6,8-9H,4H2,1-3H3. The van der Waals surface area contributed by atoms with Gasteiger partial charge < -0.3 is 10.4 Å². The Morgan fingerprint density at radius 3 is 2.40 bits per heavy atom. The molecule has 3 heteroatoms. The topological polar surface area (TPSA) is 49.3 Å². The predicted molar refractivity (Wildman–Crippen MR) is 39.8 cm³/mol. The predicted octanol–water partition coefficient (Wildman–Crippen LogP) is -0.208. The van der Waals surface area contributed by atoms with Crippen molar-refractivity contribution in [1.29, 1.82) is 0 Å². The summed E-state index contributed by atoms with van der Waals surface area (Å²) < 4.78 is 0. The summed E-state index contributed by atoms with van der Waals surface area (Å²) in [5.74, 6) is -0.183. The van der Waals surface area contributed by atoms with E-state index < -0.39 is 6.10 Å². The van der Waals surface area contributed by atoms with Crippen molar-refractivity contribution in [3.8, 4) is 0 Å². The highest BCUT2D eigenvalue weighted by Crippen LogP contribution is 1.97. The molecule has 0 bridgehead atoms. The zero-order valence-electron chi connectivity index (χ0n) is 6.72. The van der Waals surface area contributed by atoms with E-state index in [1.165, 1.54) is 0 Å². The maximum Gasteiger partial charge on any atom is 0.165 e. The van der Waals surface area contributed by atoms with Gasteiger partial charge in [0, 0.05) is 12.5 Å². The fourth-order valence-electron chi connectivity index (χ4n) is 0.679. The number of aliphatic hydroxyl groups excluding tert-OH is 1. The van der Waals surface area contributed by atoms with Crippen molar-refractivity contribution in [1.82, 2.24) is 5.32 Å².